The lowest BCUT2D eigenvalue weighted by molar-refractivity contribution is 0.660. The van der Waals surface area contributed by atoms with Gasteiger partial charge in [0.15, 0.2) is 5.82 Å². The van der Waals surface area contributed by atoms with Crippen molar-refractivity contribution >= 4 is 32.7 Å². The molecule has 0 spiro atoms. The highest BCUT2D eigenvalue weighted by atomic mass is 16.3. The molecule has 0 unspecified atom stereocenters. The van der Waals surface area contributed by atoms with Gasteiger partial charge in [0.05, 0.1) is 11.4 Å². The number of benzene rings is 8. The number of para-hydroxylation sites is 2. The van der Waals surface area contributed by atoms with Gasteiger partial charge in [-0.15, -0.1) is 0 Å². The minimum Gasteiger partial charge on any atom is -0.455 e. The van der Waals surface area contributed by atoms with Crippen molar-refractivity contribution in [1.82, 2.24) is 9.97 Å². The minimum absolute atomic E-state index is 0.0706. The lowest BCUT2D eigenvalue weighted by atomic mass is 9.82. The van der Waals surface area contributed by atoms with Crippen molar-refractivity contribution in [2.75, 3.05) is 0 Å². The summed E-state index contributed by atoms with van der Waals surface area (Å²) in [6.45, 7) is 4.64. The summed E-state index contributed by atoms with van der Waals surface area (Å²) in [6, 6.07) is 64.9. The second-order valence-corrected chi connectivity index (χ2v) is 15.4. The molecule has 1 aliphatic rings. The number of rotatable bonds is 5. The van der Waals surface area contributed by atoms with Gasteiger partial charge < -0.3 is 4.42 Å². The number of hydrogen-bond acceptors (Lipinski definition) is 3. The van der Waals surface area contributed by atoms with E-state index in [9.17, 15) is 0 Å². The fourth-order valence-electron chi connectivity index (χ4n) is 8.78. The first-order valence-corrected chi connectivity index (χ1v) is 19.2. The fraction of sp³-hybridized carbons (Fsp3) is 0.0566. The molecule has 0 aliphatic heterocycles. The number of hydrogen-bond donors (Lipinski definition) is 0. The highest BCUT2D eigenvalue weighted by molar-refractivity contribution is 6.10. The molecule has 8 aromatic carbocycles. The lowest BCUT2D eigenvalue weighted by Gasteiger charge is -2.21. The predicted molar refractivity (Wildman–Crippen MR) is 232 cm³/mol. The van der Waals surface area contributed by atoms with Crippen molar-refractivity contribution in [1.29, 1.82) is 0 Å². The Morgan fingerprint density at radius 2 is 1.05 bits per heavy atom. The average molecular weight is 717 g/mol. The Kier molecular flexibility index (Phi) is 7.20. The molecule has 3 nitrogen and oxygen atoms in total. The lowest BCUT2D eigenvalue weighted by Crippen LogP contribution is -2.14. The van der Waals surface area contributed by atoms with Crippen LogP contribution >= 0.6 is 0 Å². The summed E-state index contributed by atoms with van der Waals surface area (Å²) < 4.78 is 6.59. The Morgan fingerprint density at radius 1 is 0.393 bits per heavy atom. The number of aromatic nitrogens is 2. The van der Waals surface area contributed by atoms with Crippen LogP contribution in [0.4, 0.5) is 0 Å². The normalized spacial score (nSPS) is 13.0. The zero-order valence-corrected chi connectivity index (χ0v) is 31.1. The van der Waals surface area contributed by atoms with Gasteiger partial charge in [-0.25, -0.2) is 9.97 Å². The van der Waals surface area contributed by atoms with Crippen molar-refractivity contribution in [3.8, 4) is 67.3 Å². The molecule has 0 atom stereocenters. The minimum atomic E-state index is -0.0706. The average Bonchev–Trinajstić information content (AvgIpc) is 3.75. The Bertz CT molecular complexity index is 3170. The smallest absolute Gasteiger partial charge is 0.160 e. The third-order valence-electron chi connectivity index (χ3n) is 11.7. The van der Waals surface area contributed by atoms with E-state index in [-0.39, 0.29) is 5.41 Å². The van der Waals surface area contributed by atoms with Gasteiger partial charge in [0.25, 0.3) is 0 Å². The molecule has 0 bridgehead atoms. The van der Waals surface area contributed by atoms with Crippen LogP contribution in [0.2, 0.25) is 0 Å². The van der Waals surface area contributed by atoms with E-state index >= 15 is 0 Å². The summed E-state index contributed by atoms with van der Waals surface area (Å²) in [5.74, 6) is 0.691. The third kappa shape index (κ3) is 5.20. The molecule has 11 rings (SSSR count). The largest absolute Gasteiger partial charge is 0.455 e. The van der Waals surface area contributed by atoms with Crippen LogP contribution in [-0.2, 0) is 5.41 Å². The Hall–Kier alpha value is -7.10. The SMILES string of the molecule is CC1(C)c2ccccc2-c2cc(-c3cc(-c4cc(-c5ccc6ccccc6c5)cc(-c5cccc6c5oc5ccccc56)c4)nc(-c4ccccc4)n3)ccc21. The van der Waals surface area contributed by atoms with E-state index in [1.165, 1.54) is 33.0 Å². The fourth-order valence-corrected chi connectivity index (χ4v) is 8.78. The molecule has 0 amide bonds. The monoisotopic (exact) mass is 716 g/mol. The second kappa shape index (κ2) is 12.5. The first-order chi connectivity index (χ1) is 27.5. The Morgan fingerprint density at radius 3 is 1.95 bits per heavy atom. The maximum atomic E-state index is 6.59. The summed E-state index contributed by atoms with van der Waals surface area (Å²) in [4.78, 5) is 10.6. The third-order valence-corrected chi connectivity index (χ3v) is 11.7. The Balaban J connectivity index is 1.15. The summed E-state index contributed by atoms with van der Waals surface area (Å²) in [5, 5.41) is 4.64. The van der Waals surface area contributed by atoms with E-state index in [0.29, 0.717) is 5.82 Å². The molecule has 264 valence electrons. The van der Waals surface area contributed by atoms with E-state index < -0.39 is 0 Å². The molecule has 1 aliphatic carbocycles. The molecule has 0 saturated carbocycles. The van der Waals surface area contributed by atoms with E-state index in [2.05, 4.69) is 166 Å². The van der Waals surface area contributed by atoms with Crippen LogP contribution in [0, 0.1) is 0 Å². The maximum absolute atomic E-state index is 6.59. The van der Waals surface area contributed by atoms with Crippen LogP contribution in [0.25, 0.3) is 100.0 Å². The maximum Gasteiger partial charge on any atom is 0.160 e. The molecule has 2 aromatic heterocycles. The van der Waals surface area contributed by atoms with Gasteiger partial charge in [-0.2, -0.15) is 0 Å². The van der Waals surface area contributed by atoms with Gasteiger partial charge in [-0.3, -0.25) is 0 Å². The van der Waals surface area contributed by atoms with Gasteiger partial charge >= 0.3 is 0 Å². The molecule has 0 saturated heterocycles. The first-order valence-electron chi connectivity index (χ1n) is 19.2. The van der Waals surface area contributed by atoms with Gasteiger partial charge in [0.2, 0.25) is 0 Å². The van der Waals surface area contributed by atoms with Gasteiger partial charge in [0, 0.05) is 38.4 Å². The summed E-state index contributed by atoms with van der Waals surface area (Å²) in [6.07, 6.45) is 0. The molecule has 0 radical (unpaired) electrons. The van der Waals surface area contributed by atoms with Crippen molar-refractivity contribution in [3.63, 3.8) is 0 Å². The van der Waals surface area contributed by atoms with Gasteiger partial charge in [0.1, 0.15) is 11.2 Å². The van der Waals surface area contributed by atoms with E-state index in [1.54, 1.807) is 0 Å². The predicted octanol–water partition coefficient (Wildman–Crippen LogP) is 14.2. The zero-order chi connectivity index (χ0) is 37.4. The van der Waals surface area contributed by atoms with Crippen LogP contribution in [0.15, 0.2) is 186 Å². The van der Waals surface area contributed by atoms with E-state index in [1.807, 2.05) is 30.3 Å². The van der Waals surface area contributed by atoms with E-state index in [4.69, 9.17) is 14.4 Å². The van der Waals surface area contributed by atoms with Crippen molar-refractivity contribution in [2.45, 2.75) is 19.3 Å². The first kappa shape index (κ1) is 32.3. The molecular weight excluding hydrogens is 681 g/mol. The second-order valence-electron chi connectivity index (χ2n) is 15.4. The molecular formula is C53H36N2O. The van der Waals surface area contributed by atoms with Crippen LogP contribution in [0.5, 0.6) is 0 Å². The van der Waals surface area contributed by atoms with E-state index in [0.717, 1.165) is 72.3 Å². The zero-order valence-electron chi connectivity index (χ0n) is 31.1. The molecule has 2 heterocycles. The highest BCUT2D eigenvalue weighted by Gasteiger charge is 2.35. The van der Waals surface area contributed by atoms with Crippen molar-refractivity contribution < 1.29 is 4.42 Å². The highest BCUT2D eigenvalue weighted by Crippen LogP contribution is 2.49. The molecule has 10 aromatic rings. The summed E-state index contributed by atoms with van der Waals surface area (Å²) in [5.41, 5.74) is 16.1. The number of fused-ring (bicyclic) bond motifs is 7. The summed E-state index contributed by atoms with van der Waals surface area (Å²) >= 11 is 0. The van der Waals surface area contributed by atoms with Crippen LogP contribution in [-0.4, -0.2) is 9.97 Å². The van der Waals surface area contributed by atoms with Crippen LogP contribution in [0.3, 0.4) is 0 Å². The molecule has 0 fully saturated rings. The quantitative estimate of drug-likeness (QED) is 0.178. The number of furan rings is 1. The van der Waals surface area contributed by atoms with Gasteiger partial charge in [-0.1, -0.05) is 153 Å². The van der Waals surface area contributed by atoms with Crippen molar-refractivity contribution in [3.05, 3.63) is 193 Å². The van der Waals surface area contributed by atoms with Crippen LogP contribution in [0.1, 0.15) is 25.0 Å². The molecule has 0 N–H and O–H groups in total. The van der Waals surface area contributed by atoms with Gasteiger partial charge in [-0.05, 0) is 92.2 Å². The summed E-state index contributed by atoms with van der Waals surface area (Å²) in [7, 11) is 0. The topological polar surface area (TPSA) is 38.9 Å². The molecule has 3 heteroatoms. The van der Waals surface area contributed by atoms with Crippen molar-refractivity contribution in [2.24, 2.45) is 0 Å². The standard InChI is InChI=1S/C53H36N2O/c1-53(2)46-21-10-8-17-42(46)45-31-37(25-26-47(45)53)48-32-49(55-52(54-48)34-14-4-3-5-15-34)40-29-38(36-24-23-33-13-6-7-16-35(33)27-36)28-39(30-40)41-19-12-20-44-43-18-9-11-22-50(43)56-51(41)44/h3-32H,1-2H3. The number of nitrogens with zero attached hydrogens (tertiary/aromatic N) is 2. The van der Waals surface area contributed by atoms with Crippen LogP contribution < -0.4 is 0 Å². The Labute approximate surface area is 325 Å². The molecule has 56 heavy (non-hydrogen) atoms.